The van der Waals surface area contributed by atoms with Crippen molar-refractivity contribution in [2.75, 3.05) is 0 Å². The second-order valence-electron chi connectivity index (χ2n) is 4.81. The highest BCUT2D eigenvalue weighted by Gasteiger charge is 2.35. The molecule has 2 N–H and O–H groups in total. The first-order chi connectivity index (χ1) is 11.1. The van der Waals surface area contributed by atoms with Crippen molar-refractivity contribution in [2.45, 2.75) is 17.5 Å². The predicted molar refractivity (Wildman–Crippen MR) is 81.0 cm³/mol. The minimum atomic E-state index is -4.71. The molecule has 0 aliphatic heterocycles. The molecule has 128 valence electrons. The fourth-order valence-corrected chi connectivity index (χ4v) is 3.49. The molecule has 5 nitrogen and oxygen atoms in total. The van der Waals surface area contributed by atoms with Crippen LogP contribution in [0.1, 0.15) is 12.0 Å². The van der Waals surface area contributed by atoms with E-state index in [9.17, 15) is 26.4 Å². The monoisotopic (exact) mass is 358 g/mol. The lowest BCUT2D eigenvalue weighted by atomic mass is 10.2. The van der Waals surface area contributed by atoms with E-state index in [4.69, 9.17) is 5.73 Å². The van der Waals surface area contributed by atoms with Crippen LogP contribution in [0.15, 0.2) is 65.2 Å². The number of carbonyl (C=O) groups excluding carboxylic acids is 1. The van der Waals surface area contributed by atoms with Gasteiger partial charge in [0, 0.05) is 12.1 Å². The number of halogens is 3. The number of carbonyl (C=O) groups is 1. The number of primary amides is 1. The second kappa shape index (κ2) is 6.52. The zero-order chi connectivity index (χ0) is 18.0. The average molecular weight is 358 g/mol. The average Bonchev–Trinajstić information content (AvgIpc) is 2.75. The Morgan fingerprint density at radius 1 is 1.17 bits per heavy atom. The zero-order valence-corrected chi connectivity index (χ0v) is 13.0. The number of sulfonamides is 1. The highest BCUT2D eigenvalue weighted by Crippen LogP contribution is 2.32. The van der Waals surface area contributed by atoms with E-state index in [0.29, 0.717) is 10.4 Å². The summed E-state index contributed by atoms with van der Waals surface area (Å²) in [7, 11) is -4.58. The molecule has 0 saturated carbocycles. The molecule has 2 rings (SSSR count). The lowest BCUT2D eigenvalue weighted by Gasteiger charge is -2.22. The Morgan fingerprint density at radius 2 is 1.88 bits per heavy atom. The van der Waals surface area contributed by atoms with Crippen LogP contribution in [0.5, 0.6) is 0 Å². The molecule has 0 atom stereocenters. The number of nitrogens with two attached hydrogens (primary N) is 1. The molecule has 9 heteroatoms. The summed E-state index contributed by atoms with van der Waals surface area (Å²) >= 11 is 0. The van der Waals surface area contributed by atoms with Crippen molar-refractivity contribution >= 4 is 16.1 Å². The second-order valence-corrected chi connectivity index (χ2v) is 6.60. The van der Waals surface area contributed by atoms with Crippen molar-refractivity contribution in [3.05, 3.63) is 65.9 Å². The van der Waals surface area contributed by atoms with Crippen LogP contribution in [0.25, 0.3) is 0 Å². The summed E-state index contributed by atoms with van der Waals surface area (Å²) in [5, 5.41) is 0. The number of hydrogen-bond acceptors (Lipinski definition) is 3. The SMILES string of the molecule is NC(=O)N(C1=CC=CC=CC1)S(=O)(=O)c1cccc(C(F)(F)F)c1. The van der Waals surface area contributed by atoms with Gasteiger partial charge in [-0.25, -0.2) is 13.2 Å². The van der Waals surface area contributed by atoms with Gasteiger partial charge in [0.05, 0.1) is 10.5 Å². The molecule has 0 fully saturated rings. The van der Waals surface area contributed by atoms with Crippen molar-refractivity contribution < 1.29 is 26.4 Å². The van der Waals surface area contributed by atoms with Gasteiger partial charge in [-0.1, -0.05) is 30.4 Å². The topological polar surface area (TPSA) is 80.5 Å². The fourth-order valence-electron chi connectivity index (χ4n) is 2.07. The Morgan fingerprint density at radius 3 is 2.50 bits per heavy atom. The van der Waals surface area contributed by atoms with Gasteiger partial charge in [-0.05, 0) is 24.3 Å². The standard InChI is InChI=1S/C15H13F3N2O3S/c16-15(17,18)11-6-5-9-13(10-11)24(22,23)20(14(19)21)12-7-3-1-2-4-8-12/h1-7,9-10H,8H2,(H2,19,21). The minimum Gasteiger partial charge on any atom is -0.350 e. The smallest absolute Gasteiger partial charge is 0.350 e. The van der Waals surface area contributed by atoms with Crippen molar-refractivity contribution in [1.29, 1.82) is 0 Å². The van der Waals surface area contributed by atoms with Crippen LogP contribution in [0.3, 0.4) is 0 Å². The highest BCUT2D eigenvalue weighted by molar-refractivity contribution is 7.89. The van der Waals surface area contributed by atoms with E-state index in [2.05, 4.69) is 0 Å². The Balaban J connectivity index is 2.54. The van der Waals surface area contributed by atoms with E-state index in [1.807, 2.05) is 0 Å². The lowest BCUT2D eigenvalue weighted by Crippen LogP contribution is -2.39. The van der Waals surface area contributed by atoms with Crippen LogP contribution in [-0.2, 0) is 16.2 Å². The van der Waals surface area contributed by atoms with Crippen molar-refractivity contribution in [3.63, 3.8) is 0 Å². The maximum atomic E-state index is 12.8. The lowest BCUT2D eigenvalue weighted by molar-refractivity contribution is -0.137. The van der Waals surface area contributed by atoms with Crippen molar-refractivity contribution in [1.82, 2.24) is 4.31 Å². The number of amides is 2. The molecular weight excluding hydrogens is 345 g/mol. The van der Waals surface area contributed by atoms with Crippen LogP contribution < -0.4 is 5.73 Å². The summed E-state index contributed by atoms with van der Waals surface area (Å²) < 4.78 is 64.0. The first-order valence-corrected chi connectivity index (χ1v) is 8.12. The summed E-state index contributed by atoms with van der Waals surface area (Å²) in [5.74, 6) is 0. The fraction of sp³-hybridized carbons (Fsp3) is 0.133. The normalized spacial score (nSPS) is 14.9. The number of hydrogen-bond donors (Lipinski definition) is 1. The molecule has 0 aromatic heterocycles. The van der Waals surface area contributed by atoms with Gasteiger partial charge in [0.2, 0.25) is 0 Å². The summed E-state index contributed by atoms with van der Waals surface area (Å²) in [6, 6.07) is 1.83. The van der Waals surface area contributed by atoms with Crippen LogP contribution in [0.2, 0.25) is 0 Å². The molecule has 0 spiro atoms. The third-order valence-corrected chi connectivity index (χ3v) is 4.88. The summed E-state index contributed by atoms with van der Waals surface area (Å²) in [4.78, 5) is 11.0. The predicted octanol–water partition coefficient (Wildman–Crippen LogP) is 3.17. The van der Waals surface area contributed by atoms with E-state index < -0.39 is 32.7 Å². The number of benzene rings is 1. The molecule has 0 radical (unpaired) electrons. The van der Waals surface area contributed by atoms with E-state index >= 15 is 0 Å². The quantitative estimate of drug-likeness (QED) is 0.901. The van der Waals surface area contributed by atoms with Gasteiger partial charge in [-0.15, -0.1) is 0 Å². The molecule has 1 aromatic carbocycles. The maximum absolute atomic E-state index is 12.8. The van der Waals surface area contributed by atoms with Gasteiger partial charge in [-0.3, -0.25) is 0 Å². The van der Waals surface area contributed by atoms with Gasteiger partial charge in [0.1, 0.15) is 0 Å². The molecular formula is C15H13F3N2O3S. The Bertz CT molecular complexity index is 840. The molecule has 0 unspecified atom stereocenters. The first-order valence-electron chi connectivity index (χ1n) is 6.68. The Kier molecular flexibility index (Phi) is 4.83. The maximum Gasteiger partial charge on any atom is 0.416 e. The molecule has 0 saturated heterocycles. The van der Waals surface area contributed by atoms with Gasteiger partial charge in [-0.2, -0.15) is 17.5 Å². The van der Waals surface area contributed by atoms with E-state index in [-0.39, 0.29) is 12.1 Å². The van der Waals surface area contributed by atoms with E-state index in [1.54, 1.807) is 18.2 Å². The summed E-state index contributed by atoms with van der Waals surface area (Å²) in [6.45, 7) is 0. The van der Waals surface area contributed by atoms with E-state index in [1.165, 1.54) is 12.2 Å². The molecule has 0 heterocycles. The van der Waals surface area contributed by atoms with Crippen LogP contribution in [0.4, 0.5) is 18.0 Å². The third kappa shape index (κ3) is 3.67. The van der Waals surface area contributed by atoms with Gasteiger partial charge in [0.25, 0.3) is 10.0 Å². The van der Waals surface area contributed by atoms with Gasteiger partial charge >= 0.3 is 12.2 Å². The van der Waals surface area contributed by atoms with Crippen LogP contribution in [-0.4, -0.2) is 18.8 Å². The Hall–Kier alpha value is -2.55. The number of allylic oxidation sites excluding steroid dienone is 5. The molecule has 24 heavy (non-hydrogen) atoms. The van der Waals surface area contributed by atoms with E-state index in [0.717, 1.165) is 18.2 Å². The molecule has 1 aliphatic carbocycles. The Labute approximate surface area is 136 Å². The number of rotatable bonds is 3. The van der Waals surface area contributed by atoms with Gasteiger partial charge < -0.3 is 5.73 Å². The summed E-state index contributed by atoms with van der Waals surface area (Å²) in [6.07, 6.45) is 3.06. The molecule has 1 aromatic rings. The molecule has 1 aliphatic rings. The van der Waals surface area contributed by atoms with Crippen LogP contribution >= 0.6 is 0 Å². The van der Waals surface area contributed by atoms with Crippen molar-refractivity contribution in [3.8, 4) is 0 Å². The largest absolute Gasteiger partial charge is 0.416 e. The first kappa shape index (κ1) is 17.8. The zero-order valence-electron chi connectivity index (χ0n) is 12.2. The number of nitrogens with zero attached hydrogens (tertiary/aromatic N) is 1. The number of urea groups is 1. The number of alkyl halides is 3. The highest BCUT2D eigenvalue weighted by atomic mass is 32.2. The minimum absolute atomic E-state index is 0.0323. The van der Waals surface area contributed by atoms with Crippen molar-refractivity contribution in [2.24, 2.45) is 5.73 Å². The molecule has 0 bridgehead atoms. The molecule has 2 amide bonds. The van der Waals surface area contributed by atoms with Gasteiger partial charge in [0.15, 0.2) is 0 Å². The van der Waals surface area contributed by atoms with Crippen LogP contribution in [0, 0.1) is 0 Å². The third-order valence-electron chi connectivity index (χ3n) is 3.13. The summed E-state index contributed by atoms with van der Waals surface area (Å²) in [5.41, 5.74) is 4.06.